The molecule has 0 aliphatic heterocycles. The third-order valence-electron chi connectivity index (χ3n) is 3.43. The van der Waals surface area contributed by atoms with Crippen molar-refractivity contribution in [2.45, 2.75) is 19.3 Å². The minimum absolute atomic E-state index is 0.679. The van der Waals surface area contributed by atoms with E-state index in [0.29, 0.717) is 5.56 Å². The Kier molecular flexibility index (Phi) is 2.74. The van der Waals surface area contributed by atoms with Crippen molar-refractivity contribution in [3.8, 4) is 6.07 Å². The van der Waals surface area contributed by atoms with Crippen molar-refractivity contribution in [2.24, 2.45) is 0 Å². The zero-order chi connectivity index (χ0) is 12.4. The van der Waals surface area contributed by atoms with E-state index in [2.05, 4.69) is 29.6 Å². The zero-order valence-corrected chi connectivity index (χ0v) is 10.1. The molecule has 0 saturated carbocycles. The van der Waals surface area contributed by atoms with Gasteiger partial charge >= 0.3 is 0 Å². The highest BCUT2D eigenvalue weighted by Crippen LogP contribution is 2.27. The van der Waals surface area contributed by atoms with E-state index in [4.69, 9.17) is 5.26 Å². The molecule has 0 spiro atoms. The number of nitrogens with zero attached hydrogens (tertiary/aromatic N) is 1. The number of aryl methyl sites for hydroxylation is 2. The molecule has 1 N–H and O–H groups in total. The Labute approximate surface area is 107 Å². The molecule has 2 aromatic rings. The highest BCUT2D eigenvalue weighted by Gasteiger charge is 2.11. The maximum absolute atomic E-state index is 9.06. The largest absolute Gasteiger partial charge is 0.354 e. The fraction of sp³-hybridized carbons (Fsp3) is 0.188. The highest BCUT2D eigenvalue weighted by molar-refractivity contribution is 5.67. The van der Waals surface area contributed by atoms with Gasteiger partial charge in [-0.1, -0.05) is 18.2 Å². The smallest absolute Gasteiger partial charge is 0.101 e. The van der Waals surface area contributed by atoms with Gasteiger partial charge in [0.25, 0.3) is 0 Å². The number of anilines is 2. The van der Waals surface area contributed by atoms with E-state index in [0.717, 1.165) is 11.4 Å². The number of nitrogens with one attached hydrogen (secondary N) is 1. The Bertz CT molecular complexity index is 623. The number of fused-ring (bicyclic) bond motifs is 1. The van der Waals surface area contributed by atoms with Crippen LogP contribution in [-0.2, 0) is 12.8 Å². The third kappa shape index (κ3) is 1.96. The van der Waals surface area contributed by atoms with E-state index >= 15 is 0 Å². The first-order valence-electron chi connectivity index (χ1n) is 6.25. The minimum Gasteiger partial charge on any atom is -0.354 e. The summed E-state index contributed by atoms with van der Waals surface area (Å²) >= 11 is 0. The fourth-order valence-electron chi connectivity index (χ4n) is 2.49. The minimum atomic E-state index is 0.679. The summed E-state index contributed by atoms with van der Waals surface area (Å²) in [5.41, 5.74) is 5.53. The summed E-state index contributed by atoms with van der Waals surface area (Å²) in [6.07, 6.45) is 3.63. The van der Waals surface area contributed by atoms with Gasteiger partial charge in [0.2, 0.25) is 0 Å². The molecule has 18 heavy (non-hydrogen) atoms. The Morgan fingerprint density at radius 3 is 2.72 bits per heavy atom. The molecule has 2 aromatic carbocycles. The lowest BCUT2D eigenvalue weighted by Gasteiger charge is -2.09. The van der Waals surface area contributed by atoms with Crippen LogP contribution in [0.15, 0.2) is 42.5 Å². The third-order valence-corrected chi connectivity index (χ3v) is 3.43. The van der Waals surface area contributed by atoms with Gasteiger partial charge in [-0.05, 0) is 54.7 Å². The lowest BCUT2D eigenvalue weighted by atomic mass is 10.1. The van der Waals surface area contributed by atoms with E-state index in [1.165, 1.54) is 30.4 Å². The van der Waals surface area contributed by atoms with Crippen LogP contribution in [0.3, 0.4) is 0 Å². The molecule has 1 aliphatic rings. The van der Waals surface area contributed by atoms with Gasteiger partial charge in [-0.2, -0.15) is 5.26 Å². The molecule has 0 atom stereocenters. The van der Waals surface area contributed by atoms with Crippen molar-refractivity contribution in [1.82, 2.24) is 0 Å². The summed E-state index contributed by atoms with van der Waals surface area (Å²) in [5, 5.41) is 12.4. The van der Waals surface area contributed by atoms with Crippen LogP contribution in [-0.4, -0.2) is 0 Å². The van der Waals surface area contributed by atoms with Crippen molar-refractivity contribution < 1.29 is 0 Å². The van der Waals surface area contributed by atoms with Gasteiger partial charge in [-0.25, -0.2) is 0 Å². The van der Waals surface area contributed by atoms with Crippen LogP contribution in [0.1, 0.15) is 23.1 Å². The first kappa shape index (κ1) is 10.9. The van der Waals surface area contributed by atoms with Crippen molar-refractivity contribution in [3.05, 3.63) is 59.2 Å². The van der Waals surface area contributed by atoms with Crippen LogP contribution in [0.4, 0.5) is 11.4 Å². The molecule has 0 fully saturated rings. The summed E-state index contributed by atoms with van der Waals surface area (Å²) in [4.78, 5) is 0. The van der Waals surface area contributed by atoms with Gasteiger partial charge in [-0.15, -0.1) is 0 Å². The molecule has 0 aromatic heterocycles. The molecule has 0 bridgehead atoms. The average Bonchev–Trinajstić information content (AvgIpc) is 2.87. The second-order valence-corrected chi connectivity index (χ2v) is 4.62. The average molecular weight is 234 g/mol. The van der Waals surface area contributed by atoms with Crippen LogP contribution >= 0.6 is 0 Å². The quantitative estimate of drug-likeness (QED) is 0.858. The number of benzene rings is 2. The molecule has 0 radical (unpaired) electrons. The number of nitriles is 1. The molecule has 0 amide bonds. The predicted octanol–water partition coefficient (Wildman–Crippen LogP) is 3.79. The van der Waals surface area contributed by atoms with Crippen LogP contribution in [0.25, 0.3) is 0 Å². The molecular weight excluding hydrogens is 220 g/mol. The maximum Gasteiger partial charge on any atom is 0.101 e. The zero-order valence-electron chi connectivity index (χ0n) is 10.1. The molecule has 88 valence electrons. The maximum atomic E-state index is 9.06. The van der Waals surface area contributed by atoms with E-state index in [9.17, 15) is 0 Å². The van der Waals surface area contributed by atoms with Crippen LogP contribution in [0.5, 0.6) is 0 Å². The molecule has 2 heteroatoms. The second kappa shape index (κ2) is 4.54. The SMILES string of the molecule is N#Cc1ccccc1Nc1ccc2c(c1)CCC2. The van der Waals surface area contributed by atoms with Gasteiger partial charge < -0.3 is 5.32 Å². The molecule has 3 rings (SSSR count). The lowest BCUT2D eigenvalue weighted by molar-refractivity contribution is 0.912. The molecule has 0 unspecified atom stereocenters. The summed E-state index contributed by atoms with van der Waals surface area (Å²) < 4.78 is 0. The van der Waals surface area contributed by atoms with Gasteiger partial charge in [-0.3, -0.25) is 0 Å². The van der Waals surface area contributed by atoms with Crippen molar-refractivity contribution >= 4 is 11.4 Å². The number of hydrogen-bond acceptors (Lipinski definition) is 2. The molecule has 2 nitrogen and oxygen atoms in total. The van der Waals surface area contributed by atoms with E-state index in [1.807, 2.05) is 24.3 Å². The Morgan fingerprint density at radius 1 is 1.00 bits per heavy atom. The molecule has 0 heterocycles. The van der Waals surface area contributed by atoms with Crippen molar-refractivity contribution in [1.29, 1.82) is 5.26 Å². The van der Waals surface area contributed by atoms with E-state index in [1.54, 1.807) is 0 Å². The van der Waals surface area contributed by atoms with Crippen LogP contribution in [0.2, 0.25) is 0 Å². The Hall–Kier alpha value is -2.27. The van der Waals surface area contributed by atoms with Gasteiger partial charge in [0.05, 0.1) is 11.3 Å². The number of rotatable bonds is 2. The van der Waals surface area contributed by atoms with Crippen molar-refractivity contribution in [3.63, 3.8) is 0 Å². The summed E-state index contributed by atoms with van der Waals surface area (Å²) in [7, 11) is 0. The summed E-state index contributed by atoms with van der Waals surface area (Å²) in [6, 6.07) is 16.3. The first-order chi connectivity index (χ1) is 8.86. The Balaban J connectivity index is 1.91. The van der Waals surface area contributed by atoms with E-state index < -0.39 is 0 Å². The van der Waals surface area contributed by atoms with Crippen LogP contribution in [0, 0.1) is 11.3 Å². The molecule has 0 saturated heterocycles. The molecular formula is C16H14N2. The first-order valence-corrected chi connectivity index (χ1v) is 6.25. The lowest BCUT2D eigenvalue weighted by Crippen LogP contribution is -1.94. The normalized spacial score (nSPS) is 12.8. The van der Waals surface area contributed by atoms with Crippen LogP contribution < -0.4 is 5.32 Å². The monoisotopic (exact) mass is 234 g/mol. The van der Waals surface area contributed by atoms with E-state index in [-0.39, 0.29) is 0 Å². The topological polar surface area (TPSA) is 35.8 Å². The standard InChI is InChI=1S/C16H14N2/c17-11-14-4-1-2-7-16(14)18-15-9-8-12-5-3-6-13(12)10-15/h1-2,4,7-10,18H,3,5-6H2. The van der Waals surface area contributed by atoms with Gasteiger partial charge in [0, 0.05) is 5.69 Å². The predicted molar refractivity (Wildman–Crippen MR) is 72.9 cm³/mol. The molecule has 1 aliphatic carbocycles. The van der Waals surface area contributed by atoms with Gasteiger partial charge in [0.15, 0.2) is 0 Å². The summed E-state index contributed by atoms with van der Waals surface area (Å²) in [5.74, 6) is 0. The fourth-order valence-corrected chi connectivity index (χ4v) is 2.49. The van der Waals surface area contributed by atoms with Gasteiger partial charge in [0.1, 0.15) is 6.07 Å². The van der Waals surface area contributed by atoms with Crippen molar-refractivity contribution in [2.75, 3.05) is 5.32 Å². The number of para-hydroxylation sites is 1. The highest BCUT2D eigenvalue weighted by atomic mass is 14.9. The number of hydrogen-bond donors (Lipinski definition) is 1. The Morgan fingerprint density at radius 2 is 1.83 bits per heavy atom. The summed E-state index contributed by atoms with van der Waals surface area (Å²) in [6.45, 7) is 0. The second-order valence-electron chi connectivity index (χ2n) is 4.62.